The minimum Gasteiger partial charge on any atom is -0.483 e. The maximum Gasteiger partial charge on any atom is 0.277 e. The molecule has 0 aliphatic heterocycles. The summed E-state index contributed by atoms with van der Waals surface area (Å²) in [4.78, 5) is 12.4. The molecule has 0 saturated heterocycles. The Bertz CT molecular complexity index is 953. The second kappa shape index (κ2) is 11.6. The average Bonchev–Trinajstić information content (AvgIpc) is 2.81. The van der Waals surface area contributed by atoms with E-state index in [1.54, 1.807) is 0 Å². The second-order valence-electron chi connectivity index (χ2n) is 7.07. The van der Waals surface area contributed by atoms with Gasteiger partial charge in [-0.05, 0) is 30.0 Å². The minimum atomic E-state index is -0.276. The zero-order valence-electron chi connectivity index (χ0n) is 17.4. The lowest BCUT2D eigenvalue weighted by Crippen LogP contribution is -2.26. The number of ether oxygens (including phenoxy) is 1. The van der Waals surface area contributed by atoms with E-state index >= 15 is 0 Å². The van der Waals surface area contributed by atoms with Crippen LogP contribution >= 0.6 is 0 Å². The van der Waals surface area contributed by atoms with Crippen LogP contribution in [0.4, 0.5) is 0 Å². The van der Waals surface area contributed by atoms with Gasteiger partial charge >= 0.3 is 0 Å². The van der Waals surface area contributed by atoms with Crippen molar-refractivity contribution in [1.29, 1.82) is 0 Å². The molecule has 1 amide bonds. The third kappa shape index (κ3) is 6.31. The van der Waals surface area contributed by atoms with Gasteiger partial charge in [0, 0.05) is 5.56 Å². The Kier molecular flexibility index (Phi) is 8.22. The number of nitrogens with one attached hydrogen (secondary N) is 1. The van der Waals surface area contributed by atoms with Gasteiger partial charge in [-0.2, -0.15) is 5.10 Å². The van der Waals surface area contributed by atoms with Gasteiger partial charge in [-0.1, -0.05) is 98.6 Å². The Morgan fingerprint density at radius 1 is 0.867 bits per heavy atom. The van der Waals surface area contributed by atoms with Crippen molar-refractivity contribution >= 4 is 11.6 Å². The topological polar surface area (TPSA) is 50.7 Å². The third-order valence-electron chi connectivity index (χ3n) is 4.77. The molecule has 0 spiro atoms. The highest BCUT2D eigenvalue weighted by Crippen LogP contribution is 2.29. The van der Waals surface area contributed by atoms with Crippen LogP contribution in [0, 0.1) is 0 Å². The number of nitrogens with zero attached hydrogens (tertiary/aromatic N) is 1. The number of benzene rings is 3. The van der Waals surface area contributed by atoms with E-state index in [4.69, 9.17) is 4.74 Å². The van der Waals surface area contributed by atoms with Crippen LogP contribution in [0.2, 0.25) is 0 Å². The smallest absolute Gasteiger partial charge is 0.277 e. The van der Waals surface area contributed by atoms with Crippen molar-refractivity contribution in [3.05, 3.63) is 90.5 Å². The van der Waals surface area contributed by atoms with Gasteiger partial charge in [0.05, 0.1) is 5.71 Å². The van der Waals surface area contributed by atoms with Crippen LogP contribution in [0.25, 0.3) is 11.1 Å². The van der Waals surface area contributed by atoms with Crippen LogP contribution in [0.15, 0.2) is 90.0 Å². The van der Waals surface area contributed by atoms with Crippen molar-refractivity contribution in [3.63, 3.8) is 0 Å². The Labute approximate surface area is 178 Å². The number of para-hydroxylation sites is 1. The average molecular weight is 401 g/mol. The zero-order valence-corrected chi connectivity index (χ0v) is 17.4. The van der Waals surface area contributed by atoms with Gasteiger partial charge in [-0.15, -0.1) is 0 Å². The Morgan fingerprint density at radius 3 is 2.27 bits per heavy atom. The van der Waals surface area contributed by atoms with Crippen molar-refractivity contribution in [1.82, 2.24) is 5.43 Å². The SMILES string of the molecule is CCCCC/C(=N\NC(=O)COc1ccccc1-c1ccccc1)c1ccccc1. The fraction of sp³-hybridized carbons (Fsp3) is 0.231. The van der Waals surface area contributed by atoms with Crippen LogP contribution in [0.5, 0.6) is 5.75 Å². The molecule has 0 aliphatic rings. The maximum absolute atomic E-state index is 12.4. The fourth-order valence-electron chi connectivity index (χ4n) is 3.19. The molecule has 1 N–H and O–H groups in total. The zero-order chi connectivity index (χ0) is 21.0. The molecule has 154 valence electrons. The molecule has 0 saturated carbocycles. The number of unbranched alkanes of at least 4 members (excludes halogenated alkanes) is 2. The first-order valence-corrected chi connectivity index (χ1v) is 10.5. The van der Waals surface area contributed by atoms with E-state index in [9.17, 15) is 4.79 Å². The predicted octanol–water partition coefficient (Wildman–Crippen LogP) is 5.83. The molecule has 3 aromatic carbocycles. The van der Waals surface area contributed by atoms with E-state index < -0.39 is 0 Å². The van der Waals surface area contributed by atoms with Gasteiger partial charge in [0.15, 0.2) is 6.61 Å². The molecular formula is C26H28N2O2. The summed E-state index contributed by atoms with van der Waals surface area (Å²) >= 11 is 0. The molecule has 4 heteroatoms. The van der Waals surface area contributed by atoms with Crippen LogP contribution in [-0.2, 0) is 4.79 Å². The van der Waals surface area contributed by atoms with Gasteiger partial charge in [0.2, 0.25) is 0 Å². The first kappa shape index (κ1) is 21.3. The quantitative estimate of drug-likeness (QED) is 0.264. The summed E-state index contributed by atoms with van der Waals surface area (Å²) in [6, 6.07) is 27.7. The Balaban J connectivity index is 1.64. The van der Waals surface area contributed by atoms with Crippen LogP contribution < -0.4 is 10.2 Å². The summed E-state index contributed by atoms with van der Waals surface area (Å²) in [5.41, 5.74) is 6.59. The maximum atomic E-state index is 12.4. The van der Waals surface area contributed by atoms with Crippen molar-refractivity contribution in [2.75, 3.05) is 6.61 Å². The first-order chi connectivity index (χ1) is 14.8. The van der Waals surface area contributed by atoms with Crippen molar-refractivity contribution in [2.24, 2.45) is 5.10 Å². The molecule has 0 fully saturated rings. The van der Waals surface area contributed by atoms with Crippen molar-refractivity contribution < 1.29 is 9.53 Å². The third-order valence-corrected chi connectivity index (χ3v) is 4.77. The van der Waals surface area contributed by atoms with E-state index in [2.05, 4.69) is 17.5 Å². The summed E-state index contributed by atoms with van der Waals surface area (Å²) in [5, 5.41) is 4.40. The standard InChI is InChI=1S/C26H28N2O2/c1-2-3-6-18-24(22-15-9-5-10-16-22)27-28-26(29)20-30-25-19-12-11-17-23(25)21-13-7-4-8-14-21/h4-5,7-17,19H,2-3,6,18,20H2,1H3,(H,28,29)/b27-24+. The molecule has 3 aromatic rings. The second-order valence-corrected chi connectivity index (χ2v) is 7.07. The van der Waals surface area contributed by atoms with Gasteiger partial charge in [0.25, 0.3) is 5.91 Å². The van der Waals surface area contributed by atoms with Crippen molar-refractivity contribution in [2.45, 2.75) is 32.6 Å². The van der Waals surface area contributed by atoms with Gasteiger partial charge in [-0.3, -0.25) is 4.79 Å². The molecule has 0 heterocycles. The van der Waals surface area contributed by atoms with E-state index in [1.807, 2.05) is 84.9 Å². The lowest BCUT2D eigenvalue weighted by molar-refractivity contribution is -0.123. The number of rotatable bonds is 10. The number of hydrogen-bond donors (Lipinski definition) is 1. The molecular weight excluding hydrogens is 372 g/mol. The summed E-state index contributed by atoms with van der Waals surface area (Å²) in [5.74, 6) is 0.399. The van der Waals surface area contributed by atoms with E-state index in [1.165, 1.54) is 0 Å². The van der Waals surface area contributed by atoms with E-state index in [-0.39, 0.29) is 12.5 Å². The van der Waals surface area contributed by atoms with Gasteiger partial charge < -0.3 is 4.74 Å². The first-order valence-electron chi connectivity index (χ1n) is 10.5. The monoisotopic (exact) mass is 400 g/mol. The highest BCUT2D eigenvalue weighted by atomic mass is 16.5. The molecule has 3 rings (SSSR count). The van der Waals surface area contributed by atoms with Crippen molar-refractivity contribution in [3.8, 4) is 16.9 Å². The van der Waals surface area contributed by atoms with E-state index in [0.717, 1.165) is 48.1 Å². The predicted molar refractivity (Wildman–Crippen MR) is 123 cm³/mol. The highest BCUT2D eigenvalue weighted by molar-refractivity contribution is 6.01. The van der Waals surface area contributed by atoms with Gasteiger partial charge in [0.1, 0.15) is 5.75 Å². The van der Waals surface area contributed by atoms with Crippen LogP contribution in [0.1, 0.15) is 38.2 Å². The summed E-state index contributed by atoms with van der Waals surface area (Å²) in [6.07, 6.45) is 4.15. The lowest BCUT2D eigenvalue weighted by atomic mass is 10.0. The summed E-state index contributed by atoms with van der Waals surface area (Å²) in [7, 11) is 0. The van der Waals surface area contributed by atoms with Gasteiger partial charge in [-0.25, -0.2) is 5.43 Å². The normalized spacial score (nSPS) is 11.2. The van der Waals surface area contributed by atoms with Crippen LogP contribution in [-0.4, -0.2) is 18.2 Å². The lowest BCUT2D eigenvalue weighted by Gasteiger charge is -2.11. The molecule has 0 aromatic heterocycles. The summed E-state index contributed by atoms with van der Waals surface area (Å²) in [6.45, 7) is 2.08. The minimum absolute atomic E-state index is 0.0929. The number of hydrazone groups is 1. The largest absolute Gasteiger partial charge is 0.483 e. The fourth-order valence-corrected chi connectivity index (χ4v) is 3.19. The molecule has 4 nitrogen and oxygen atoms in total. The summed E-state index contributed by atoms with van der Waals surface area (Å²) < 4.78 is 5.81. The molecule has 0 bridgehead atoms. The molecule has 0 unspecified atom stereocenters. The molecule has 30 heavy (non-hydrogen) atoms. The number of amides is 1. The molecule has 0 radical (unpaired) electrons. The Hall–Kier alpha value is -3.40. The highest BCUT2D eigenvalue weighted by Gasteiger charge is 2.09. The Morgan fingerprint density at radius 2 is 1.53 bits per heavy atom. The number of hydrogen-bond acceptors (Lipinski definition) is 3. The van der Waals surface area contributed by atoms with E-state index in [0.29, 0.717) is 5.75 Å². The number of carbonyl (C=O) groups is 1. The van der Waals surface area contributed by atoms with Crippen LogP contribution in [0.3, 0.4) is 0 Å². The molecule has 0 atom stereocenters. The molecule has 0 aliphatic carbocycles. The number of carbonyl (C=O) groups excluding carboxylic acids is 1.